The fraction of sp³-hybridized carbons (Fsp3) is 0.300. The van der Waals surface area contributed by atoms with Crippen molar-refractivity contribution in [2.45, 2.75) is 18.1 Å². The van der Waals surface area contributed by atoms with Crippen LogP contribution in [0.15, 0.2) is 17.2 Å². The lowest BCUT2D eigenvalue weighted by atomic mass is 10.3. The van der Waals surface area contributed by atoms with Crippen LogP contribution >= 0.6 is 23.4 Å². The predicted molar refractivity (Wildman–Crippen MR) is 66.9 cm³/mol. The second kappa shape index (κ2) is 6.80. The van der Waals surface area contributed by atoms with Crippen molar-refractivity contribution in [3.63, 3.8) is 0 Å². The van der Waals surface area contributed by atoms with Crippen molar-refractivity contribution in [1.29, 1.82) is 0 Å². The van der Waals surface area contributed by atoms with Gasteiger partial charge in [0, 0.05) is 6.92 Å². The largest absolute Gasteiger partial charge is 0.416 e. The molecule has 0 saturated heterocycles. The highest BCUT2D eigenvalue weighted by atomic mass is 35.5. The van der Waals surface area contributed by atoms with Gasteiger partial charge in [0.15, 0.2) is 0 Å². The number of halogens is 4. The van der Waals surface area contributed by atoms with Gasteiger partial charge in [-0.05, 0) is 12.1 Å². The van der Waals surface area contributed by atoms with Gasteiger partial charge in [-0.25, -0.2) is 4.98 Å². The van der Waals surface area contributed by atoms with Crippen molar-refractivity contribution < 1.29 is 22.8 Å². The molecule has 1 heterocycles. The highest BCUT2D eigenvalue weighted by molar-refractivity contribution is 7.99. The molecule has 0 aromatic carbocycles. The summed E-state index contributed by atoms with van der Waals surface area (Å²) in [5.41, 5.74) is 3.18. The number of rotatable bonds is 3. The first kappa shape index (κ1) is 16.6. The number of aromatic nitrogens is 1. The van der Waals surface area contributed by atoms with E-state index in [2.05, 4.69) is 15.8 Å². The molecule has 0 aliphatic carbocycles. The Morgan fingerprint density at radius 1 is 1.35 bits per heavy atom. The molecule has 10 heteroatoms. The number of nitrogens with one attached hydrogen (secondary N) is 2. The molecule has 1 aromatic heterocycles. The summed E-state index contributed by atoms with van der Waals surface area (Å²) in [6, 6.07) is 1.49. The van der Waals surface area contributed by atoms with Crippen molar-refractivity contribution >= 4 is 35.2 Å². The summed E-state index contributed by atoms with van der Waals surface area (Å²) in [4.78, 5) is 25.5. The van der Waals surface area contributed by atoms with Gasteiger partial charge in [-0.2, -0.15) is 13.2 Å². The molecule has 1 aromatic rings. The monoisotopic (exact) mass is 327 g/mol. The van der Waals surface area contributed by atoms with E-state index in [4.69, 9.17) is 11.6 Å². The minimum absolute atomic E-state index is 0.0391. The van der Waals surface area contributed by atoms with Crippen LogP contribution in [-0.2, 0) is 15.8 Å². The van der Waals surface area contributed by atoms with Crippen molar-refractivity contribution in [2.24, 2.45) is 0 Å². The van der Waals surface area contributed by atoms with E-state index in [0.717, 1.165) is 17.8 Å². The Labute approximate surface area is 121 Å². The number of hydrogen-bond donors (Lipinski definition) is 2. The van der Waals surface area contributed by atoms with Gasteiger partial charge in [0.25, 0.3) is 0 Å². The minimum Gasteiger partial charge on any atom is -0.274 e. The molecule has 110 valence electrons. The van der Waals surface area contributed by atoms with Gasteiger partial charge in [-0.15, -0.1) is 0 Å². The van der Waals surface area contributed by atoms with Gasteiger partial charge in [0.2, 0.25) is 11.8 Å². The summed E-state index contributed by atoms with van der Waals surface area (Å²) >= 11 is 6.26. The molecule has 2 amide bonds. The number of carbonyl (C=O) groups excluding carboxylic acids is 2. The van der Waals surface area contributed by atoms with Crippen LogP contribution in [0.25, 0.3) is 0 Å². The molecule has 0 unspecified atom stereocenters. The molecule has 0 fully saturated rings. The van der Waals surface area contributed by atoms with Gasteiger partial charge in [0.1, 0.15) is 5.15 Å². The lowest BCUT2D eigenvalue weighted by molar-refractivity contribution is -0.137. The molecule has 1 rings (SSSR count). The topological polar surface area (TPSA) is 71.1 Å². The van der Waals surface area contributed by atoms with Gasteiger partial charge in [-0.1, -0.05) is 23.4 Å². The normalized spacial score (nSPS) is 11.1. The molecular formula is C10H9ClF3N3O2S. The Hall–Kier alpha value is -1.48. The van der Waals surface area contributed by atoms with E-state index in [-0.39, 0.29) is 15.9 Å². The molecule has 0 spiro atoms. The van der Waals surface area contributed by atoms with Crippen molar-refractivity contribution in [2.75, 3.05) is 5.75 Å². The molecule has 0 atom stereocenters. The summed E-state index contributed by atoms with van der Waals surface area (Å²) in [7, 11) is 0. The quantitative estimate of drug-likeness (QED) is 0.506. The predicted octanol–water partition coefficient (Wildman–Crippen LogP) is 2.01. The molecule has 20 heavy (non-hydrogen) atoms. The second-order valence-electron chi connectivity index (χ2n) is 3.53. The third-order valence-electron chi connectivity index (χ3n) is 1.83. The summed E-state index contributed by atoms with van der Waals surface area (Å²) in [5.74, 6) is -1.27. The van der Waals surface area contributed by atoms with E-state index < -0.39 is 23.6 Å². The third-order valence-corrected chi connectivity index (χ3v) is 2.93. The highest BCUT2D eigenvalue weighted by Gasteiger charge is 2.31. The van der Waals surface area contributed by atoms with E-state index >= 15 is 0 Å². The zero-order valence-electron chi connectivity index (χ0n) is 10.0. The summed E-state index contributed by atoms with van der Waals surface area (Å²) in [6.45, 7) is 1.20. The second-order valence-corrected chi connectivity index (χ2v) is 4.92. The van der Waals surface area contributed by atoms with Crippen LogP contribution in [0.5, 0.6) is 0 Å². The molecular weight excluding hydrogens is 319 g/mol. The number of amides is 2. The number of thioether (sulfide) groups is 1. The maximum absolute atomic E-state index is 12.5. The molecule has 0 bridgehead atoms. The molecule has 2 N–H and O–H groups in total. The van der Waals surface area contributed by atoms with Crippen LogP contribution in [-0.4, -0.2) is 22.6 Å². The fourth-order valence-electron chi connectivity index (χ4n) is 1.04. The van der Waals surface area contributed by atoms with Crippen LogP contribution in [0.4, 0.5) is 13.2 Å². The van der Waals surface area contributed by atoms with Crippen LogP contribution in [0.1, 0.15) is 12.5 Å². The Bertz CT molecular complexity index is 525. The Morgan fingerprint density at radius 3 is 2.55 bits per heavy atom. The Balaban J connectivity index is 2.67. The van der Waals surface area contributed by atoms with Crippen LogP contribution < -0.4 is 10.9 Å². The Morgan fingerprint density at radius 2 is 2.00 bits per heavy atom. The van der Waals surface area contributed by atoms with Crippen molar-refractivity contribution in [1.82, 2.24) is 15.8 Å². The maximum Gasteiger partial charge on any atom is 0.416 e. The first-order chi connectivity index (χ1) is 9.18. The summed E-state index contributed by atoms with van der Waals surface area (Å²) in [6.07, 6.45) is -4.54. The van der Waals surface area contributed by atoms with Gasteiger partial charge >= 0.3 is 6.18 Å². The zero-order valence-corrected chi connectivity index (χ0v) is 11.6. The SMILES string of the molecule is CC(=O)NNC(=O)CSc1cc(C(F)(F)F)cc(Cl)n1. The first-order valence-corrected chi connectivity index (χ1v) is 6.48. The summed E-state index contributed by atoms with van der Waals surface area (Å²) < 4.78 is 37.6. The molecule has 0 aliphatic rings. The zero-order chi connectivity index (χ0) is 15.3. The van der Waals surface area contributed by atoms with E-state index in [0.29, 0.717) is 6.07 Å². The number of hydrogen-bond acceptors (Lipinski definition) is 4. The molecule has 5 nitrogen and oxygen atoms in total. The van der Waals surface area contributed by atoms with Crippen LogP contribution in [0, 0.1) is 0 Å². The van der Waals surface area contributed by atoms with Crippen molar-refractivity contribution in [3.05, 3.63) is 22.8 Å². The molecule has 0 radical (unpaired) electrons. The van der Waals surface area contributed by atoms with E-state index in [1.54, 1.807) is 0 Å². The number of carbonyl (C=O) groups is 2. The highest BCUT2D eigenvalue weighted by Crippen LogP contribution is 2.32. The molecule has 0 aliphatic heterocycles. The smallest absolute Gasteiger partial charge is 0.274 e. The van der Waals surface area contributed by atoms with E-state index in [9.17, 15) is 22.8 Å². The number of pyridine rings is 1. The van der Waals surface area contributed by atoms with Crippen LogP contribution in [0.3, 0.4) is 0 Å². The average molecular weight is 328 g/mol. The van der Waals surface area contributed by atoms with E-state index in [1.807, 2.05) is 0 Å². The standard InChI is InChI=1S/C10H9ClF3N3O2S/c1-5(18)16-17-8(19)4-20-9-3-6(10(12,13)14)2-7(11)15-9/h2-3H,4H2,1H3,(H,16,18)(H,17,19). The van der Waals surface area contributed by atoms with Gasteiger partial charge < -0.3 is 0 Å². The first-order valence-electron chi connectivity index (χ1n) is 5.11. The summed E-state index contributed by atoms with van der Waals surface area (Å²) in [5, 5.41) is -0.354. The molecule has 0 saturated carbocycles. The third kappa shape index (κ3) is 5.66. The van der Waals surface area contributed by atoms with Crippen LogP contribution in [0.2, 0.25) is 5.15 Å². The lowest BCUT2D eigenvalue weighted by Gasteiger charge is -2.09. The number of hydrazine groups is 1. The number of nitrogens with zero attached hydrogens (tertiary/aromatic N) is 1. The lowest BCUT2D eigenvalue weighted by Crippen LogP contribution is -2.41. The van der Waals surface area contributed by atoms with E-state index in [1.165, 1.54) is 6.92 Å². The minimum atomic E-state index is -4.54. The van der Waals surface area contributed by atoms with Crippen molar-refractivity contribution in [3.8, 4) is 0 Å². The fourth-order valence-corrected chi connectivity index (χ4v) is 2.03. The maximum atomic E-state index is 12.5. The average Bonchev–Trinajstić information content (AvgIpc) is 2.32. The van der Waals surface area contributed by atoms with Gasteiger partial charge in [0.05, 0.1) is 16.3 Å². The van der Waals surface area contributed by atoms with Gasteiger partial charge in [-0.3, -0.25) is 20.4 Å². The Kier molecular flexibility index (Phi) is 5.63. The number of alkyl halides is 3.